The number of nitrogens with one attached hydrogen (secondary N) is 1. The average Bonchev–Trinajstić information content (AvgIpc) is 3.34. The van der Waals surface area contributed by atoms with Gasteiger partial charge in [-0.2, -0.15) is 0 Å². The molecule has 1 amide bonds. The number of aromatic nitrogens is 3. The van der Waals surface area contributed by atoms with Crippen LogP contribution in [0.4, 0.5) is 5.69 Å². The number of hydrogen-bond donors (Lipinski definition) is 1. The zero-order chi connectivity index (χ0) is 22.7. The molecule has 164 valence electrons. The molecule has 2 heterocycles. The van der Waals surface area contributed by atoms with Crippen molar-refractivity contribution in [2.45, 2.75) is 30.8 Å². The number of hydrogen-bond acceptors (Lipinski definition) is 5. The predicted molar refractivity (Wildman–Crippen MR) is 128 cm³/mol. The van der Waals surface area contributed by atoms with Crippen LogP contribution in [0.25, 0.3) is 11.4 Å². The van der Waals surface area contributed by atoms with E-state index in [1.807, 2.05) is 54.8 Å². The summed E-state index contributed by atoms with van der Waals surface area (Å²) in [4.78, 5) is 12.8. The first-order valence-electron chi connectivity index (χ1n) is 9.86. The molecule has 1 N–H and O–H groups in total. The molecular formula is C23H20Cl2N4O2S. The van der Waals surface area contributed by atoms with E-state index in [9.17, 15) is 4.79 Å². The highest BCUT2D eigenvalue weighted by atomic mass is 35.5. The standard InChI is InChI=1S/C23H20Cl2N4O2S/c1-14-20(8-9-31-14)21-27-28-23(29(21)13-16-6-4-3-5-7-16)32-15(2)22(30)26-19-11-17(24)10-18(25)12-19/h3-12,15H,13H2,1-2H3,(H,26,30). The fourth-order valence-corrected chi connectivity index (χ4v) is 4.56. The summed E-state index contributed by atoms with van der Waals surface area (Å²) in [6.45, 7) is 4.26. The number of carbonyl (C=O) groups is 1. The molecule has 6 nitrogen and oxygen atoms in total. The molecule has 0 saturated heterocycles. The fraction of sp³-hybridized carbons (Fsp3) is 0.174. The van der Waals surface area contributed by atoms with Gasteiger partial charge in [0.25, 0.3) is 0 Å². The van der Waals surface area contributed by atoms with Gasteiger partial charge in [0.15, 0.2) is 11.0 Å². The second-order valence-corrected chi connectivity index (χ2v) is 9.36. The lowest BCUT2D eigenvalue weighted by Crippen LogP contribution is -2.23. The number of nitrogens with zero attached hydrogens (tertiary/aromatic N) is 3. The van der Waals surface area contributed by atoms with Crippen molar-refractivity contribution in [2.75, 3.05) is 5.32 Å². The van der Waals surface area contributed by atoms with E-state index in [0.717, 1.165) is 16.9 Å². The highest BCUT2D eigenvalue weighted by molar-refractivity contribution is 8.00. The molecule has 1 atom stereocenters. The predicted octanol–water partition coefficient (Wildman–Crippen LogP) is 6.32. The van der Waals surface area contributed by atoms with Crippen LogP contribution in [0.1, 0.15) is 18.2 Å². The van der Waals surface area contributed by atoms with Gasteiger partial charge in [-0.25, -0.2) is 0 Å². The second-order valence-electron chi connectivity index (χ2n) is 7.18. The Kier molecular flexibility index (Phi) is 6.89. The van der Waals surface area contributed by atoms with E-state index in [2.05, 4.69) is 15.5 Å². The minimum Gasteiger partial charge on any atom is -0.469 e. The van der Waals surface area contributed by atoms with E-state index in [-0.39, 0.29) is 5.91 Å². The monoisotopic (exact) mass is 486 g/mol. The first-order valence-corrected chi connectivity index (χ1v) is 11.5. The third-order valence-corrected chi connectivity index (χ3v) is 6.30. The lowest BCUT2D eigenvalue weighted by atomic mass is 10.2. The molecular weight excluding hydrogens is 467 g/mol. The lowest BCUT2D eigenvalue weighted by Gasteiger charge is -2.14. The topological polar surface area (TPSA) is 72.9 Å². The van der Waals surface area contributed by atoms with Crippen molar-refractivity contribution in [1.82, 2.24) is 14.8 Å². The Morgan fingerprint density at radius 3 is 2.50 bits per heavy atom. The van der Waals surface area contributed by atoms with E-state index >= 15 is 0 Å². The number of anilines is 1. The van der Waals surface area contributed by atoms with Gasteiger partial charge in [0.2, 0.25) is 5.91 Å². The molecule has 0 bridgehead atoms. The highest BCUT2D eigenvalue weighted by Gasteiger charge is 2.22. The lowest BCUT2D eigenvalue weighted by molar-refractivity contribution is -0.115. The molecule has 2 aromatic carbocycles. The zero-order valence-electron chi connectivity index (χ0n) is 17.4. The Morgan fingerprint density at radius 2 is 1.84 bits per heavy atom. The van der Waals surface area contributed by atoms with Crippen LogP contribution in [0.5, 0.6) is 0 Å². The Labute approximate surface area is 199 Å². The number of aryl methyl sites for hydroxylation is 1. The number of rotatable bonds is 7. The molecule has 0 radical (unpaired) electrons. The van der Waals surface area contributed by atoms with Gasteiger partial charge in [-0.15, -0.1) is 10.2 Å². The Morgan fingerprint density at radius 1 is 1.12 bits per heavy atom. The summed E-state index contributed by atoms with van der Waals surface area (Å²) in [6.07, 6.45) is 1.63. The summed E-state index contributed by atoms with van der Waals surface area (Å²) >= 11 is 13.4. The van der Waals surface area contributed by atoms with E-state index in [4.69, 9.17) is 27.6 Å². The molecule has 0 spiro atoms. The molecule has 0 aliphatic rings. The van der Waals surface area contributed by atoms with Gasteiger partial charge < -0.3 is 9.73 Å². The number of halogens is 2. The summed E-state index contributed by atoms with van der Waals surface area (Å²) in [5.74, 6) is 1.26. The zero-order valence-corrected chi connectivity index (χ0v) is 19.7. The van der Waals surface area contributed by atoms with E-state index < -0.39 is 5.25 Å². The van der Waals surface area contributed by atoms with Gasteiger partial charge in [0, 0.05) is 15.7 Å². The van der Waals surface area contributed by atoms with Crippen molar-refractivity contribution in [2.24, 2.45) is 0 Å². The number of carbonyl (C=O) groups excluding carboxylic acids is 1. The van der Waals surface area contributed by atoms with Crippen LogP contribution >= 0.6 is 35.0 Å². The van der Waals surface area contributed by atoms with Crippen LogP contribution in [0.3, 0.4) is 0 Å². The van der Waals surface area contributed by atoms with Crippen LogP contribution in [-0.4, -0.2) is 25.9 Å². The maximum atomic E-state index is 12.8. The van der Waals surface area contributed by atoms with Crippen LogP contribution in [0, 0.1) is 6.92 Å². The molecule has 0 aliphatic carbocycles. The van der Waals surface area contributed by atoms with Gasteiger partial charge in [-0.3, -0.25) is 9.36 Å². The average molecular weight is 487 g/mol. The first-order chi connectivity index (χ1) is 15.4. The first kappa shape index (κ1) is 22.5. The van der Waals surface area contributed by atoms with Gasteiger partial charge in [0.05, 0.1) is 23.6 Å². The molecule has 4 aromatic rings. The Bertz CT molecular complexity index is 1220. The Balaban J connectivity index is 1.59. The SMILES string of the molecule is Cc1occc1-c1nnc(SC(C)C(=O)Nc2cc(Cl)cc(Cl)c2)n1Cc1ccccc1. The Hall–Kier alpha value is -2.74. The summed E-state index contributed by atoms with van der Waals surface area (Å²) in [5, 5.41) is 12.7. The molecule has 0 fully saturated rings. The molecule has 32 heavy (non-hydrogen) atoms. The second kappa shape index (κ2) is 9.81. The quantitative estimate of drug-likeness (QED) is 0.309. The maximum absolute atomic E-state index is 12.8. The minimum absolute atomic E-state index is 0.191. The van der Waals surface area contributed by atoms with Crippen LogP contribution in [-0.2, 0) is 11.3 Å². The van der Waals surface area contributed by atoms with Crippen LogP contribution in [0.15, 0.2) is 70.4 Å². The molecule has 1 unspecified atom stereocenters. The van der Waals surface area contributed by atoms with Crippen LogP contribution < -0.4 is 5.32 Å². The normalized spacial score (nSPS) is 12.0. The van der Waals surface area contributed by atoms with E-state index in [1.165, 1.54) is 11.8 Å². The van der Waals surface area contributed by atoms with Crippen molar-refractivity contribution < 1.29 is 9.21 Å². The van der Waals surface area contributed by atoms with Crippen molar-refractivity contribution >= 4 is 46.6 Å². The number of thioether (sulfide) groups is 1. The van der Waals surface area contributed by atoms with Gasteiger partial charge in [-0.05, 0) is 43.7 Å². The van der Waals surface area contributed by atoms with Gasteiger partial charge in [-0.1, -0.05) is 65.3 Å². The highest BCUT2D eigenvalue weighted by Crippen LogP contribution is 2.30. The summed E-state index contributed by atoms with van der Waals surface area (Å²) < 4.78 is 7.46. The summed E-state index contributed by atoms with van der Waals surface area (Å²) in [7, 11) is 0. The minimum atomic E-state index is -0.440. The number of amides is 1. The molecule has 9 heteroatoms. The van der Waals surface area contributed by atoms with Crippen molar-refractivity contribution in [1.29, 1.82) is 0 Å². The molecule has 4 rings (SSSR count). The van der Waals surface area contributed by atoms with Crippen molar-refractivity contribution in [3.63, 3.8) is 0 Å². The molecule has 0 aliphatic heterocycles. The van der Waals surface area contributed by atoms with Gasteiger partial charge >= 0.3 is 0 Å². The fourth-order valence-electron chi connectivity index (χ4n) is 3.18. The van der Waals surface area contributed by atoms with Gasteiger partial charge in [0.1, 0.15) is 5.76 Å². The summed E-state index contributed by atoms with van der Waals surface area (Å²) in [6, 6.07) is 16.8. The third-order valence-electron chi connectivity index (χ3n) is 4.78. The largest absolute Gasteiger partial charge is 0.469 e. The molecule has 2 aromatic heterocycles. The smallest absolute Gasteiger partial charge is 0.237 e. The third kappa shape index (κ3) is 5.18. The number of benzene rings is 2. The van der Waals surface area contributed by atoms with E-state index in [0.29, 0.717) is 33.3 Å². The number of furan rings is 1. The van der Waals surface area contributed by atoms with E-state index in [1.54, 1.807) is 24.5 Å². The molecule has 0 saturated carbocycles. The van der Waals surface area contributed by atoms with Crippen molar-refractivity contribution in [3.8, 4) is 11.4 Å². The summed E-state index contributed by atoms with van der Waals surface area (Å²) in [5.41, 5.74) is 2.51. The van der Waals surface area contributed by atoms with Crippen molar-refractivity contribution in [3.05, 3.63) is 82.2 Å². The maximum Gasteiger partial charge on any atom is 0.237 e. The van der Waals surface area contributed by atoms with Crippen LogP contribution in [0.2, 0.25) is 10.0 Å².